The molecule has 0 amide bonds. The number of benzene rings is 2. The molecule has 0 aromatic heterocycles. The zero-order valence-electron chi connectivity index (χ0n) is 13.4. The minimum absolute atomic E-state index is 0.191. The van der Waals surface area contributed by atoms with Crippen LogP contribution in [-0.2, 0) is 13.0 Å². The van der Waals surface area contributed by atoms with Crippen LogP contribution < -0.4 is 14.8 Å². The van der Waals surface area contributed by atoms with Gasteiger partial charge in [-0.2, -0.15) is 0 Å². The number of methoxy groups -OCH3 is 1. The lowest BCUT2D eigenvalue weighted by molar-refractivity contribution is -0.670. The van der Waals surface area contributed by atoms with Crippen molar-refractivity contribution in [2.24, 2.45) is 0 Å². The molecule has 2 aromatic rings. The lowest BCUT2D eigenvalue weighted by atomic mass is 10.1. The van der Waals surface area contributed by atoms with Crippen LogP contribution in [-0.4, -0.2) is 20.3 Å². The van der Waals surface area contributed by atoms with Gasteiger partial charge in [0.1, 0.15) is 12.4 Å². The number of nitrogens with two attached hydrogens (primary N) is 1. The largest absolute Gasteiger partial charge is 0.493 e. The van der Waals surface area contributed by atoms with Gasteiger partial charge in [-0.15, -0.1) is 0 Å². The standard InChI is InChI=1S/C18H21BrFNO2/c1-3-23-18-16(19)10-14(11-17(18)22-2)12-21-9-8-13-4-6-15(20)7-5-13/h4-7,10-11,21H,3,8-9,12H2,1-2H3/p+1. The molecule has 2 aromatic carbocycles. The van der Waals surface area contributed by atoms with E-state index in [1.165, 1.54) is 12.1 Å². The average Bonchev–Trinajstić information content (AvgIpc) is 2.55. The first-order valence-corrected chi connectivity index (χ1v) is 8.48. The minimum atomic E-state index is -0.191. The van der Waals surface area contributed by atoms with Crippen LogP contribution in [0.1, 0.15) is 18.1 Å². The van der Waals surface area contributed by atoms with Crippen LogP contribution in [0.2, 0.25) is 0 Å². The number of rotatable bonds is 8. The Morgan fingerprint density at radius 3 is 2.52 bits per heavy atom. The molecule has 23 heavy (non-hydrogen) atoms. The third kappa shape index (κ3) is 5.22. The van der Waals surface area contributed by atoms with Gasteiger partial charge in [-0.3, -0.25) is 0 Å². The zero-order chi connectivity index (χ0) is 16.7. The van der Waals surface area contributed by atoms with E-state index in [1.807, 2.05) is 25.1 Å². The van der Waals surface area contributed by atoms with Crippen LogP contribution in [0, 0.1) is 5.82 Å². The fourth-order valence-electron chi connectivity index (χ4n) is 2.36. The van der Waals surface area contributed by atoms with Gasteiger partial charge >= 0.3 is 0 Å². The fraction of sp³-hybridized carbons (Fsp3) is 0.333. The molecule has 0 saturated heterocycles. The quantitative estimate of drug-likeness (QED) is 0.710. The van der Waals surface area contributed by atoms with Crippen molar-refractivity contribution in [2.75, 3.05) is 20.3 Å². The maximum absolute atomic E-state index is 12.9. The molecule has 0 radical (unpaired) electrons. The summed E-state index contributed by atoms with van der Waals surface area (Å²) in [4.78, 5) is 0. The number of ether oxygens (including phenoxy) is 2. The van der Waals surface area contributed by atoms with Gasteiger partial charge in [0.05, 0.1) is 24.7 Å². The average molecular weight is 383 g/mol. The van der Waals surface area contributed by atoms with Crippen LogP contribution in [0.4, 0.5) is 4.39 Å². The maximum Gasteiger partial charge on any atom is 0.175 e. The van der Waals surface area contributed by atoms with Crippen LogP contribution in [0.25, 0.3) is 0 Å². The summed E-state index contributed by atoms with van der Waals surface area (Å²) in [5, 5.41) is 2.23. The molecular formula is C18H22BrFNO2+. The molecule has 124 valence electrons. The number of hydrogen-bond acceptors (Lipinski definition) is 2. The van der Waals surface area contributed by atoms with Crippen LogP contribution in [0.3, 0.4) is 0 Å². The molecule has 3 nitrogen and oxygen atoms in total. The van der Waals surface area contributed by atoms with Gasteiger partial charge in [-0.05, 0) is 52.7 Å². The maximum atomic E-state index is 12.9. The predicted octanol–water partition coefficient (Wildman–Crippen LogP) is 3.30. The van der Waals surface area contributed by atoms with Crippen LogP contribution in [0.5, 0.6) is 11.5 Å². The zero-order valence-corrected chi connectivity index (χ0v) is 15.0. The number of halogens is 2. The molecule has 0 saturated carbocycles. The third-order valence-electron chi connectivity index (χ3n) is 3.51. The third-order valence-corrected chi connectivity index (χ3v) is 4.10. The van der Waals surface area contributed by atoms with Crippen molar-refractivity contribution < 1.29 is 19.2 Å². The summed E-state index contributed by atoms with van der Waals surface area (Å²) >= 11 is 3.54. The molecule has 0 aliphatic carbocycles. The Hall–Kier alpha value is -1.59. The lowest BCUT2D eigenvalue weighted by Crippen LogP contribution is -2.83. The van der Waals surface area contributed by atoms with E-state index in [9.17, 15) is 4.39 Å². The second kappa shape index (κ2) is 8.89. The topological polar surface area (TPSA) is 35.1 Å². The second-order valence-electron chi connectivity index (χ2n) is 5.20. The van der Waals surface area contributed by atoms with E-state index >= 15 is 0 Å². The molecule has 0 aliphatic heterocycles. The molecule has 0 spiro atoms. The fourth-order valence-corrected chi connectivity index (χ4v) is 2.97. The van der Waals surface area contributed by atoms with Crippen molar-refractivity contribution in [3.05, 3.63) is 57.8 Å². The van der Waals surface area contributed by atoms with Gasteiger partial charge in [-0.1, -0.05) is 12.1 Å². The van der Waals surface area contributed by atoms with Crippen molar-refractivity contribution >= 4 is 15.9 Å². The van der Waals surface area contributed by atoms with E-state index in [-0.39, 0.29) is 5.82 Å². The molecule has 0 bridgehead atoms. The van der Waals surface area contributed by atoms with E-state index in [0.29, 0.717) is 6.61 Å². The van der Waals surface area contributed by atoms with Crippen molar-refractivity contribution in [3.8, 4) is 11.5 Å². The highest BCUT2D eigenvalue weighted by atomic mass is 79.9. The number of hydrogen-bond donors (Lipinski definition) is 1. The first-order valence-electron chi connectivity index (χ1n) is 7.69. The van der Waals surface area contributed by atoms with Gasteiger partial charge in [-0.25, -0.2) is 4.39 Å². The Labute approximate surface area is 144 Å². The molecule has 5 heteroatoms. The summed E-state index contributed by atoms with van der Waals surface area (Å²) in [5.41, 5.74) is 2.31. The first kappa shape index (κ1) is 17.8. The SMILES string of the molecule is CCOc1c(Br)cc(C[NH2+]CCc2ccc(F)cc2)cc1OC. The van der Waals surface area contributed by atoms with Crippen LogP contribution >= 0.6 is 15.9 Å². The van der Waals surface area contributed by atoms with E-state index in [2.05, 4.69) is 27.3 Å². The van der Waals surface area contributed by atoms with E-state index in [1.54, 1.807) is 7.11 Å². The molecule has 2 N–H and O–H groups in total. The summed E-state index contributed by atoms with van der Waals surface area (Å²) in [6.07, 6.45) is 0.912. The highest BCUT2D eigenvalue weighted by Crippen LogP contribution is 2.36. The molecule has 2 rings (SSSR count). The second-order valence-corrected chi connectivity index (χ2v) is 6.05. The Bertz CT molecular complexity index is 632. The lowest BCUT2D eigenvalue weighted by Gasteiger charge is -2.13. The smallest absolute Gasteiger partial charge is 0.175 e. The Morgan fingerprint density at radius 1 is 1.13 bits per heavy atom. The highest BCUT2D eigenvalue weighted by molar-refractivity contribution is 9.10. The molecule has 0 aliphatic rings. The molecule has 0 unspecified atom stereocenters. The van der Waals surface area contributed by atoms with Gasteiger partial charge < -0.3 is 14.8 Å². The van der Waals surface area contributed by atoms with E-state index < -0.39 is 0 Å². The van der Waals surface area contributed by atoms with E-state index in [0.717, 1.165) is 46.6 Å². The number of quaternary nitrogens is 1. The Morgan fingerprint density at radius 2 is 1.87 bits per heavy atom. The monoisotopic (exact) mass is 382 g/mol. The summed E-state index contributed by atoms with van der Waals surface area (Å²) < 4.78 is 24.8. The minimum Gasteiger partial charge on any atom is -0.493 e. The Balaban J connectivity index is 1.90. The van der Waals surface area contributed by atoms with Crippen molar-refractivity contribution in [2.45, 2.75) is 19.9 Å². The highest BCUT2D eigenvalue weighted by Gasteiger charge is 2.11. The summed E-state index contributed by atoms with van der Waals surface area (Å²) in [5.74, 6) is 1.29. The van der Waals surface area contributed by atoms with Crippen molar-refractivity contribution in [3.63, 3.8) is 0 Å². The van der Waals surface area contributed by atoms with Gasteiger partial charge in [0.25, 0.3) is 0 Å². The van der Waals surface area contributed by atoms with Crippen molar-refractivity contribution in [1.82, 2.24) is 0 Å². The van der Waals surface area contributed by atoms with Gasteiger partial charge in [0.15, 0.2) is 11.5 Å². The predicted molar refractivity (Wildman–Crippen MR) is 92.5 cm³/mol. The van der Waals surface area contributed by atoms with Crippen molar-refractivity contribution in [1.29, 1.82) is 0 Å². The molecule has 0 atom stereocenters. The first-order chi connectivity index (χ1) is 11.1. The normalized spacial score (nSPS) is 10.6. The summed E-state index contributed by atoms with van der Waals surface area (Å²) in [6, 6.07) is 10.7. The summed E-state index contributed by atoms with van der Waals surface area (Å²) in [6.45, 7) is 4.34. The molecular weight excluding hydrogens is 361 g/mol. The van der Waals surface area contributed by atoms with Gasteiger partial charge in [0, 0.05) is 12.0 Å². The van der Waals surface area contributed by atoms with Crippen LogP contribution in [0.15, 0.2) is 40.9 Å². The van der Waals surface area contributed by atoms with E-state index in [4.69, 9.17) is 9.47 Å². The summed E-state index contributed by atoms with van der Waals surface area (Å²) in [7, 11) is 1.65. The Kier molecular flexibility index (Phi) is 6.86. The van der Waals surface area contributed by atoms with Gasteiger partial charge in [0.2, 0.25) is 0 Å². The molecule has 0 fully saturated rings. The molecule has 0 heterocycles.